The minimum atomic E-state index is -0.724. The molecule has 0 aromatic carbocycles. The molecular weight excluding hydrogens is 540 g/mol. The minimum absolute atomic E-state index is 0.0171. The molecule has 3 heteroatoms. The lowest BCUT2D eigenvalue weighted by molar-refractivity contribution is 0.0345. The SMILES string of the molecule is CC1=C[C@](C)(O)CC(C)(C)[C@@H]1/C=C/C(C)=C/C=C/C(C)=C/C=C/C=C(C)/C=C/C=C(C)/C=C/[C@@]12O[C@]1(C)C[C@@H](O)CC2(C)C. The van der Waals surface area contributed by atoms with Crippen molar-refractivity contribution in [3.63, 3.8) is 0 Å². The second kappa shape index (κ2) is 13.7. The second-order valence-corrected chi connectivity index (χ2v) is 15.3. The Morgan fingerprint density at radius 2 is 1.25 bits per heavy atom. The molecule has 0 bridgehead atoms. The molecule has 5 atom stereocenters. The van der Waals surface area contributed by atoms with Crippen molar-refractivity contribution in [1.82, 2.24) is 0 Å². The molecule has 0 amide bonds. The molecule has 2 aliphatic carbocycles. The van der Waals surface area contributed by atoms with E-state index >= 15 is 0 Å². The van der Waals surface area contributed by atoms with Crippen LogP contribution in [0, 0.1) is 16.7 Å². The molecule has 240 valence electrons. The van der Waals surface area contributed by atoms with Gasteiger partial charge >= 0.3 is 0 Å². The van der Waals surface area contributed by atoms with Crippen molar-refractivity contribution >= 4 is 0 Å². The van der Waals surface area contributed by atoms with E-state index in [1.54, 1.807) is 0 Å². The number of allylic oxidation sites excluding steroid dienone is 18. The number of fused-ring (bicyclic) bond motifs is 1. The first-order valence-electron chi connectivity index (χ1n) is 16.2. The summed E-state index contributed by atoms with van der Waals surface area (Å²) in [6.45, 7) is 23.5. The predicted octanol–water partition coefficient (Wildman–Crippen LogP) is 10.0. The molecule has 0 unspecified atom stereocenters. The summed E-state index contributed by atoms with van der Waals surface area (Å²) in [5.74, 6) is 0.324. The molecule has 3 aliphatic rings. The summed E-state index contributed by atoms with van der Waals surface area (Å²) in [7, 11) is 0. The maximum atomic E-state index is 10.5. The van der Waals surface area contributed by atoms with Gasteiger partial charge < -0.3 is 14.9 Å². The summed E-state index contributed by atoms with van der Waals surface area (Å²) in [5, 5.41) is 20.8. The number of epoxide rings is 1. The number of ether oxygens (including phenoxy) is 1. The Labute approximate surface area is 268 Å². The molecule has 0 radical (unpaired) electrons. The standard InChI is InChI=1S/C41H58O3/c1-30(18-14-20-32(3)22-23-36-34(5)26-39(10,43)29-37(36,6)7)16-12-13-17-31(2)19-15-21-33(4)24-25-41-38(8,9)27-35(42)28-40(41,11)44-41/h12-26,35-36,42-43H,27-29H2,1-11H3/b13-12+,18-14+,19-15+,23-22+,25-24+,30-16+,31-17+,32-20+,33-21+/t35-,36+,39-,40+,41-/m0/s1. The zero-order valence-electron chi connectivity index (χ0n) is 29.2. The molecule has 1 saturated carbocycles. The van der Waals surface area contributed by atoms with Crippen molar-refractivity contribution < 1.29 is 14.9 Å². The quantitative estimate of drug-likeness (QED) is 0.149. The van der Waals surface area contributed by atoms with E-state index in [0.717, 1.165) is 12.8 Å². The van der Waals surface area contributed by atoms with E-state index in [-0.39, 0.29) is 28.1 Å². The van der Waals surface area contributed by atoms with Gasteiger partial charge in [-0.1, -0.05) is 141 Å². The van der Waals surface area contributed by atoms with Crippen molar-refractivity contribution in [2.45, 2.75) is 118 Å². The lowest BCUT2D eigenvalue weighted by Gasteiger charge is -2.43. The lowest BCUT2D eigenvalue weighted by atomic mass is 9.63. The molecule has 2 N–H and O–H groups in total. The zero-order valence-corrected chi connectivity index (χ0v) is 29.2. The van der Waals surface area contributed by atoms with E-state index in [4.69, 9.17) is 4.74 Å². The van der Waals surface area contributed by atoms with Gasteiger partial charge in [-0.2, -0.15) is 0 Å². The maximum absolute atomic E-state index is 10.5. The van der Waals surface area contributed by atoms with E-state index in [1.807, 2.05) is 13.0 Å². The highest BCUT2D eigenvalue weighted by Gasteiger charge is 2.74. The van der Waals surface area contributed by atoms with Gasteiger partial charge in [0.2, 0.25) is 0 Å². The van der Waals surface area contributed by atoms with Crippen molar-refractivity contribution in [1.29, 1.82) is 0 Å². The van der Waals surface area contributed by atoms with E-state index in [9.17, 15) is 10.2 Å². The van der Waals surface area contributed by atoms with E-state index in [1.165, 1.54) is 27.9 Å². The molecular formula is C41H58O3. The Balaban J connectivity index is 1.50. The third-order valence-electron chi connectivity index (χ3n) is 9.59. The summed E-state index contributed by atoms with van der Waals surface area (Å²) >= 11 is 0. The largest absolute Gasteiger partial charge is 0.393 e. The van der Waals surface area contributed by atoms with Crippen molar-refractivity contribution in [2.75, 3.05) is 0 Å². The molecule has 0 aromatic heterocycles. The molecule has 44 heavy (non-hydrogen) atoms. The summed E-state index contributed by atoms with van der Waals surface area (Å²) in [4.78, 5) is 0. The second-order valence-electron chi connectivity index (χ2n) is 15.3. The van der Waals surface area contributed by atoms with E-state index < -0.39 is 5.60 Å². The van der Waals surface area contributed by atoms with Crippen LogP contribution in [-0.4, -0.2) is 33.1 Å². The first kappa shape index (κ1) is 35.8. The number of aliphatic hydroxyl groups is 2. The van der Waals surface area contributed by atoms with Crippen LogP contribution in [-0.2, 0) is 4.74 Å². The zero-order chi connectivity index (χ0) is 33.0. The van der Waals surface area contributed by atoms with Crippen LogP contribution in [0.1, 0.15) is 95.4 Å². The van der Waals surface area contributed by atoms with Gasteiger partial charge in [-0.05, 0) is 72.8 Å². The molecule has 0 spiro atoms. The monoisotopic (exact) mass is 598 g/mol. The Hall–Kier alpha value is -2.72. The first-order valence-corrected chi connectivity index (χ1v) is 16.2. The number of aliphatic hydroxyl groups excluding tert-OH is 1. The van der Waals surface area contributed by atoms with Crippen LogP contribution in [0.25, 0.3) is 0 Å². The Bertz CT molecular complexity index is 1360. The van der Waals surface area contributed by atoms with Gasteiger partial charge in [0, 0.05) is 17.8 Å². The minimum Gasteiger partial charge on any atom is -0.393 e. The fourth-order valence-electron chi connectivity index (χ4n) is 7.60. The number of hydrogen-bond donors (Lipinski definition) is 2. The average Bonchev–Trinajstić information content (AvgIpc) is 3.49. The molecule has 3 rings (SSSR count). The number of hydrogen-bond acceptors (Lipinski definition) is 3. The fraction of sp³-hybridized carbons (Fsp3) is 0.512. The molecule has 1 saturated heterocycles. The first-order chi connectivity index (χ1) is 20.3. The van der Waals surface area contributed by atoms with Gasteiger partial charge in [-0.3, -0.25) is 0 Å². The van der Waals surface area contributed by atoms with Crippen LogP contribution in [0.15, 0.2) is 119 Å². The van der Waals surface area contributed by atoms with Crippen LogP contribution in [0.5, 0.6) is 0 Å². The van der Waals surface area contributed by atoms with Crippen LogP contribution < -0.4 is 0 Å². The number of rotatable bonds is 10. The van der Waals surface area contributed by atoms with Gasteiger partial charge in [0.15, 0.2) is 0 Å². The lowest BCUT2D eigenvalue weighted by Crippen LogP contribution is -2.46. The van der Waals surface area contributed by atoms with Gasteiger partial charge in [-0.15, -0.1) is 0 Å². The Morgan fingerprint density at radius 3 is 1.77 bits per heavy atom. The summed E-state index contributed by atoms with van der Waals surface area (Å²) < 4.78 is 6.25. The van der Waals surface area contributed by atoms with E-state index in [2.05, 4.69) is 154 Å². The van der Waals surface area contributed by atoms with Crippen molar-refractivity contribution in [3.8, 4) is 0 Å². The van der Waals surface area contributed by atoms with Crippen LogP contribution >= 0.6 is 0 Å². The topological polar surface area (TPSA) is 53.0 Å². The highest BCUT2D eigenvalue weighted by atomic mass is 16.6. The normalized spacial score (nSPS) is 35.0. The highest BCUT2D eigenvalue weighted by Crippen LogP contribution is 2.66. The average molecular weight is 599 g/mol. The molecule has 1 heterocycles. The maximum Gasteiger partial charge on any atom is 0.121 e. The Kier molecular flexibility index (Phi) is 11.2. The Morgan fingerprint density at radius 1 is 0.750 bits per heavy atom. The molecule has 1 aliphatic heterocycles. The third kappa shape index (κ3) is 8.93. The van der Waals surface area contributed by atoms with Gasteiger partial charge in [0.25, 0.3) is 0 Å². The summed E-state index contributed by atoms with van der Waals surface area (Å²) in [5.41, 5.74) is 4.60. The van der Waals surface area contributed by atoms with Crippen molar-refractivity contribution in [2.24, 2.45) is 16.7 Å². The molecule has 0 aromatic rings. The van der Waals surface area contributed by atoms with Gasteiger partial charge in [0.05, 0.1) is 11.7 Å². The van der Waals surface area contributed by atoms with Crippen LogP contribution in [0.2, 0.25) is 0 Å². The summed E-state index contributed by atoms with van der Waals surface area (Å²) in [6, 6.07) is 0. The fourth-order valence-corrected chi connectivity index (χ4v) is 7.60. The van der Waals surface area contributed by atoms with Crippen LogP contribution in [0.3, 0.4) is 0 Å². The molecule has 2 fully saturated rings. The van der Waals surface area contributed by atoms with Gasteiger partial charge in [-0.25, -0.2) is 0 Å². The van der Waals surface area contributed by atoms with E-state index in [0.29, 0.717) is 12.3 Å². The van der Waals surface area contributed by atoms with Crippen molar-refractivity contribution in [3.05, 3.63) is 119 Å². The summed E-state index contributed by atoms with van der Waals surface area (Å²) in [6.07, 6.45) is 33.8. The van der Waals surface area contributed by atoms with Gasteiger partial charge in [0.1, 0.15) is 11.2 Å². The highest BCUT2D eigenvalue weighted by molar-refractivity contribution is 5.37. The predicted molar refractivity (Wildman–Crippen MR) is 188 cm³/mol. The smallest absolute Gasteiger partial charge is 0.121 e. The van der Waals surface area contributed by atoms with Crippen LogP contribution in [0.4, 0.5) is 0 Å². The third-order valence-corrected chi connectivity index (χ3v) is 9.59. The molecule has 3 nitrogen and oxygen atoms in total.